The molecular weight excluding hydrogens is 252 g/mol. The smallest absolute Gasteiger partial charge is 0.211 e. The van der Waals surface area contributed by atoms with Gasteiger partial charge in [-0.3, -0.25) is 0 Å². The Morgan fingerprint density at radius 2 is 1.94 bits per heavy atom. The van der Waals surface area contributed by atoms with Crippen LogP contribution in [-0.2, 0) is 14.8 Å². The van der Waals surface area contributed by atoms with Crippen LogP contribution in [0.1, 0.15) is 39.5 Å². The van der Waals surface area contributed by atoms with Gasteiger partial charge in [0.2, 0.25) is 10.0 Å². The van der Waals surface area contributed by atoms with Crippen molar-refractivity contribution in [3.63, 3.8) is 0 Å². The molecule has 6 heteroatoms. The highest BCUT2D eigenvalue weighted by Gasteiger charge is 2.16. The molecule has 0 amide bonds. The summed E-state index contributed by atoms with van der Waals surface area (Å²) in [5.74, 6) is 0.197. The Bertz CT molecular complexity index is 275. The second kappa shape index (κ2) is 10.7. The fraction of sp³-hybridized carbons (Fsp3) is 1.00. The standard InChI is InChI=1S/C12H28N2O3S/c1-4-8-12(11-17-3)14-18(15,16)10-7-6-9-13-5-2/h12-14H,4-11H2,1-3H3. The average molecular weight is 280 g/mol. The molecule has 18 heavy (non-hydrogen) atoms. The normalized spacial score (nSPS) is 13.7. The van der Waals surface area contributed by atoms with Crippen LogP contribution in [0.25, 0.3) is 0 Å². The van der Waals surface area contributed by atoms with E-state index in [0.29, 0.717) is 13.0 Å². The number of rotatable bonds is 12. The van der Waals surface area contributed by atoms with Crippen molar-refractivity contribution in [3.8, 4) is 0 Å². The lowest BCUT2D eigenvalue weighted by molar-refractivity contribution is 0.171. The Morgan fingerprint density at radius 1 is 1.22 bits per heavy atom. The Labute approximate surface area is 112 Å². The summed E-state index contributed by atoms with van der Waals surface area (Å²) < 4.78 is 31.4. The first kappa shape index (κ1) is 17.8. The number of unbranched alkanes of at least 4 members (excludes halogenated alkanes) is 1. The molecule has 0 aromatic heterocycles. The molecule has 0 bridgehead atoms. The number of ether oxygens (including phenoxy) is 1. The maximum Gasteiger partial charge on any atom is 0.211 e. The number of methoxy groups -OCH3 is 1. The third-order valence-electron chi connectivity index (χ3n) is 2.62. The lowest BCUT2D eigenvalue weighted by Gasteiger charge is -2.17. The second-order valence-corrected chi connectivity index (χ2v) is 6.31. The third kappa shape index (κ3) is 9.82. The molecule has 110 valence electrons. The van der Waals surface area contributed by atoms with Crippen LogP contribution in [-0.4, -0.2) is 47.0 Å². The second-order valence-electron chi connectivity index (χ2n) is 4.44. The van der Waals surface area contributed by atoms with Crippen molar-refractivity contribution in [2.45, 2.75) is 45.6 Å². The number of hydrogen-bond donors (Lipinski definition) is 2. The maximum absolute atomic E-state index is 11.8. The van der Waals surface area contributed by atoms with Crippen LogP contribution >= 0.6 is 0 Å². The van der Waals surface area contributed by atoms with Gasteiger partial charge >= 0.3 is 0 Å². The van der Waals surface area contributed by atoms with E-state index in [9.17, 15) is 8.42 Å². The first-order valence-corrected chi connectivity index (χ1v) is 8.40. The number of hydrogen-bond acceptors (Lipinski definition) is 4. The molecule has 5 nitrogen and oxygen atoms in total. The monoisotopic (exact) mass is 280 g/mol. The van der Waals surface area contributed by atoms with Gasteiger partial charge < -0.3 is 10.1 Å². The molecule has 0 aliphatic heterocycles. The summed E-state index contributed by atoms with van der Waals surface area (Å²) in [5.41, 5.74) is 0. The van der Waals surface area contributed by atoms with Crippen LogP contribution < -0.4 is 10.0 Å². The van der Waals surface area contributed by atoms with E-state index in [4.69, 9.17) is 4.74 Å². The summed E-state index contributed by atoms with van der Waals surface area (Å²) in [4.78, 5) is 0. The number of sulfonamides is 1. The summed E-state index contributed by atoms with van der Waals surface area (Å²) in [6.45, 7) is 6.32. The Kier molecular flexibility index (Phi) is 10.6. The van der Waals surface area contributed by atoms with Gasteiger partial charge in [-0.2, -0.15) is 0 Å². The molecular formula is C12H28N2O3S. The zero-order valence-corrected chi connectivity index (χ0v) is 12.7. The average Bonchev–Trinajstić information content (AvgIpc) is 2.29. The van der Waals surface area contributed by atoms with E-state index in [1.165, 1.54) is 0 Å². The van der Waals surface area contributed by atoms with Crippen molar-refractivity contribution in [2.24, 2.45) is 0 Å². The molecule has 0 saturated heterocycles. The van der Waals surface area contributed by atoms with Crippen LogP contribution in [0.15, 0.2) is 0 Å². The van der Waals surface area contributed by atoms with Gasteiger partial charge in [0.05, 0.1) is 12.4 Å². The van der Waals surface area contributed by atoms with Crippen molar-refractivity contribution in [2.75, 3.05) is 32.6 Å². The van der Waals surface area contributed by atoms with E-state index >= 15 is 0 Å². The summed E-state index contributed by atoms with van der Waals surface area (Å²) in [6, 6.07) is -0.0984. The van der Waals surface area contributed by atoms with Crippen molar-refractivity contribution in [3.05, 3.63) is 0 Å². The minimum atomic E-state index is -3.17. The Balaban J connectivity index is 3.95. The molecule has 0 heterocycles. The number of nitrogens with one attached hydrogen (secondary N) is 2. The van der Waals surface area contributed by atoms with Gasteiger partial charge in [-0.05, 0) is 32.4 Å². The van der Waals surface area contributed by atoms with Gasteiger partial charge in [0.1, 0.15) is 0 Å². The van der Waals surface area contributed by atoms with E-state index < -0.39 is 10.0 Å². The van der Waals surface area contributed by atoms with Crippen molar-refractivity contribution >= 4 is 10.0 Å². The van der Waals surface area contributed by atoms with Crippen LogP contribution in [0.3, 0.4) is 0 Å². The molecule has 1 unspecified atom stereocenters. The minimum absolute atomic E-state index is 0.0984. The molecule has 1 atom stereocenters. The lowest BCUT2D eigenvalue weighted by atomic mass is 10.2. The molecule has 2 N–H and O–H groups in total. The van der Waals surface area contributed by atoms with Gasteiger partial charge in [0, 0.05) is 13.2 Å². The highest BCUT2D eigenvalue weighted by molar-refractivity contribution is 7.89. The van der Waals surface area contributed by atoms with Gasteiger partial charge in [-0.15, -0.1) is 0 Å². The molecule has 0 fully saturated rings. The fourth-order valence-electron chi connectivity index (χ4n) is 1.76. The van der Waals surface area contributed by atoms with Crippen LogP contribution in [0.4, 0.5) is 0 Å². The van der Waals surface area contributed by atoms with Crippen molar-refractivity contribution < 1.29 is 13.2 Å². The van der Waals surface area contributed by atoms with E-state index in [0.717, 1.165) is 32.4 Å². The SMILES string of the molecule is CCCC(COC)NS(=O)(=O)CCCCNCC. The van der Waals surface area contributed by atoms with Gasteiger partial charge in [-0.25, -0.2) is 13.1 Å². The zero-order chi connectivity index (χ0) is 13.9. The molecule has 0 aromatic carbocycles. The summed E-state index contributed by atoms with van der Waals surface area (Å²) in [5, 5.41) is 3.18. The predicted molar refractivity (Wildman–Crippen MR) is 75.3 cm³/mol. The lowest BCUT2D eigenvalue weighted by Crippen LogP contribution is -2.39. The molecule has 0 aliphatic carbocycles. The van der Waals surface area contributed by atoms with Gasteiger partial charge in [-0.1, -0.05) is 20.3 Å². The van der Waals surface area contributed by atoms with Crippen LogP contribution in [0.5, 0.6) is 0 Å². The highest BCUT2D eigenvalue weighted by Crippen LogP contribution is 2.02. The molecule has 0 aliphatic rings. The largest absolute Gasteiger partial charge is 0.383 e. The highest BCUT2D eigenvalue weighted by atomic mass is 32.2. The van der Waals surface area contributed by atoms with Gasteiger partial charge in [0.15, 0.2) is 0 Å². The summed E-state index contributed by atoms with van der Waals surface area (Å²) >= 11 is 0. The molecule has 0 aromatic rings. The molecule has 0 rings (SSSR count). The van der Waals surface area contributed by atoms with Crippen LogP contribution in [0, 0.1) is 0 Å². The molecule has 0 saturated carbocycles. The third-order valence-corrected chi connectivity index (χ3v) is 4.14. The Hall–Kier alpha value is -0.170. The fourth-order valence-corrected chi connectivity index (χ4v) is 3.15. The zero-order valence-electron chi connectivity index (χ0n) is 11.9. The molecule has 0 spiro atoms. The maximum atomic E-state index is 11.8. The first-order valence-electron chi connectivity index (χ1n) is 6.75. The summed E-state index contributed by atoms with van der Waals surface area (Å²) in [7, 11) is -1.58. The van der Waals surface area contributed by atoms with Crippen LogP contribution in [0.2, 0.25) is 0 Å². The van der Waals surface area contributed by atoms with Crippen molar-refractivity contribution in [1.29, 1.82) is 0 Å². The minimum Gasteiger partial charge on any atom is -0.383 e. The van der Waals surface area contributed by atoms with E-state index in [2.05, 4.69) is 10.0 Å². The first-order chi connectivity index (χ1) is 8.55. The predicted octanol–water partition coefficient (Wildman–Crippen LogP) is 1.11. The summed E-state index contributed by atoms with van der Waals surface area (Å²) in [6.07, 6.45) is 3.33. The van der Waals surface area contributed by atoms with Gasteiger partial charge in [0.25, 0.3) is 0 Å². The van der Waals surface area contributed by atoms with E-state index in [1.54, 1.807) is 7.11 Å². The molecule has 0 radical (unpaired) electrons. The topological polar surface area (TPSA) is 67.4 Å². The van der Waals surface area contributed by atoms with E-state index in [-0.39, 0.29) is 11.8 Å². The Morgan fingerprint density at radius 3 is 2.50 bits per heavy atom. The van der Waals surface area contributed by atoms with Crippen molar-refractivity contribution in [1.82, 2.24) is 10.0 Å². The quantitative estimate of drug-likeness (QED) is 0.526. The van der Waals surface area contributed by atoms with E-state index in [1.807, 2.05) is 13.8 Å².